The summed E-state index contributed by atoms with van der Waals surface area (Å²) in [4.78, 5) is 0. The lowest BCUT2D eigenvalue weighted by Crippen LogP contribution is -2.31. The van der Waals surface area contributed by atoms with Gasteiger partial charge in [-0.15, -0.1) is 14.6 Å². The third kappa shape index (κ3) is 4.23. The molecule has 0 spiro atoms. The summed E-state index contributed by atoms with van der Waals surface area (Å²) in [5.74, 6) is 1.29. The summed E-state index contributed by atoms with van der Waals surface area (Å²) in [6.45, 7) is 4.00. The van der Waals surface area contributed by atoms with Crippen LogP contribution in [0.1, 0.15) is 12.7 Å². The minimum Gasteiger partial charge on any atom is -0.473 e. The lowest BCUT2D eigenvalue weighted by atomic mass is 10.3. The van der Waals surface area contributed by atoms with Crippen molar-refractivity contribution in [2.45, 2.75) is 26.1 Å². The highest BCUT2D eigenvalue weighted by molar-refractivity contribution is 6.99. The second-order valence-corrected chi connectivity index (χ2v) is 4.43. The fourth-order valence-electron chi connectivity index (χ4n) is 1.49. The summed E-state index contributed by atoms with van der Waals surface area (Å²) < 4.78 is 14.9. The molecule has 0 aliphatic carbocycles. The van der Waals surface area contributed by atoms with Gasteiger partial charge in [0.1, 0.15) is 31.1 Å². The van der Waals surface area contributed by atoms with Crippen LogP contribution in [-0.4, -0.2) is 47.9 Å². The number of aryl methyl sites for hydroxylation is 1. The predicted octanol–water partition coefficient (Wildman–Crippen LogP) is -0.321. The Labute approximate surface area is 114 Å². The van der Waals surface area contributed by atoms with E-state index in [1.54, 1.807) is 6.33 Å². The van der Waals surface area contributed by atoms with Crippen LogP contribution in [0.25, 0.3) is 0 Å². The Morgan fingerprint density at radius 1 is 1.58 bits per heavy atom. The van der Waals surface area contributed by atoms with E-state index in [1.807, 2.05) is 11.5 Å². The van der Waals surface area contributed by atoms with Crippen molar-refractivity contribution in [3.63, 3.8) is 0 Å². The van der Waals surface area contributed by atoms with Crippen LogP contribution in [0.2, 0.25) is 0 Å². The molecule has 0 aromatic carbocycles. The van der Waals surface area contributed by atoms with Gasteiger partial charge >= 0.3 is 0 Å². The Bertz CT molecular complexity index is 474. The molecular weight excluding hydrogens is 268 g/mol. The zero-order valence-corrected chi connectivity index (χ0v) is 11.4. The van der Waals surface area contributed by atoms with Gasteiger partial charge in [0.15, 0.2) is 0 Å². The number of hydrogen-bond donors (Lipinski definition) is 2. The number of ether oxygens (including phenoxy) is 1. The molecule has 0 bridgehead atoms. The van der Waals surface area contributed by atoms with Crippen LogP contribution in [0.5, 0.6) is 5.88 Å². The molecule has 0 radical (unpaired) electrons. The molecule has 2 rings (SSSR count). The molecule has 0 amide bonds. The van der Waals surface area contributed by atoms with E-state index >= 15 is 0 Å². The lowest BCUT2D eigenvalue weighted by Gasteiger charge is -2.11. The standard InChI is InChI=1S/C10H16N6O2S/c1-2-16-7-12-14-9(16)4-11-3-8(17)6-18-10-5-13-19-15-10/h5,7-8,11,17H,2-4,6H2,1H3. The van der Waals surface area contributed by atoms with Crippen molar-refractivity contribution in [1.29, 1.82) is 0 Å². The highest BCUT2D eigenvalue weighted by Crippen LogP contribution is 2.05. The molecule has 2 heterocycles. The number of hydrogen-bond acceptors (Lipinski definition) is 8. The van der Waals surface area contributed by atoms with Crippen molar-refractivity contribution in [3.05, 3.63) is 18.3 Å². The zero-order valence-electron chi connectivity index (χ0n) is 10.6. The van der Waals surface area contributed by atoms with E-state index < -0.39 is 6.10 Å². The average Bonchev–Trinajstić information content (AvgIpc) is 3.07. The third-order valence-corrected chi connectivity index (χ3v) is 2.93. The van der Waals surface area contributed by atoms with Crippen LogP contribution >= 0.6 is 11.7 Å². The minimum absolute atomic E-state index is 0.179. The first-order valence-electron chi connectivity index (χ1n) is 5.95. The molecule has 0 aliphatic heterocycles. The Balaban J connectivity index is 1.65. The summed E-state index contributed by atoms with van der Waals surface area (Å²) in [5, 5.41) is 20.7. The first-order valence-corrected chi connectivity index (χ1v) is 6.68. The first-order chi connectivity index (χ1) is 9.29. The van der Waals surface area contributed by atoms with Gasteiger partial charge in [-0.05, 0) is 6.92 Å². The van der Waals surface area contributed by atoms with Crippen molar-refractivity contribution in [3.8, 4) is 5.88 Å². The molecule has 0 saturated heterocycles. The molecule has 0 aliphatic rings. The molecule has 1 unspecified atom stereocenters. The Morgan fingerprint density at radius 2 is 2.47 bits per heavy atom. The highest BCUT2D eigenvalue weighted by Gasteiger charge is 2.08. The third-order valence-electron chi connectivity index (χ3n) is 2.46. The smallest absolute Gasteiger partial charge is 0.245 e. The van der Waals surface area contributed by atoms with Gasteiger partial charge in [0.2, 0.25) is 5.88 Å². The van der Waals surface area contributed by atoms with E-state index in [9.17, 15) is 5.11 Å². The van der Waals surface area contributed by atoms with E-state index in [0.717, 1.165) is 24.1 Å². The van der Waals surface area contributed by atoms with Gasteiger partial charge in [0, 0.05) is 13.1 Å². The van der Waals surface area contributed by atoms with E-state index in [4.69, 9.17) is 4.74 Å². The van der Waals surface area contributed by atoms with Gasteiger partial charge in [-0.25, -0.2) is 0 Å². The molecule has 8 nitrogen and oxygen atoms in total. The van der Waals surface area contributed by atoms with Crippen LogP contribution in [0.15, 0.2) is 12.5 Å². The van der Waals surface area contributed by atoms with Crippen LogP contribution in [0.3, 0.4) is 0 Å². The molecule has 0 saturated carbocycles. The number of rotatable bonds is 8. The first kappa shape index (κ1) is 13.8. The van der Waals surface area contributed by atoms with Gasteiger partial charge in [0.25, 0.3) is 0 Å². The second-order valence-electron chi connectivity index (χ2n) is 3.87. The topological polar surface area (TPSA) is 98.0 Å². The molecule has 2 aromatic rings. The van der Waals surface area contributed by atoms with Gasteiger partial charge in [-0.2, -0.15) is 4.37 Å². The quantitative estimate of drug-likeness (QED) is 0.685. The van der Waals surface area contributed by atoms with Crippen molar-refractivity contribution in [2.24, 2.45) is 0 Å². The average molecular weight is 284 g/mol. The Hall–Kier alpha value is -1.58. The van der Waals surface area contributed by atoms with Gasteiger partial charge < -0.3 is 19.7 Å². The number of nitrogens with one attached hydrogen (secondary N) is 1. The monoisotopic (exact) mass is 284 g/mol. The van der Waals surface area contributed by atoms with Crippen LogP contribution in [0, 0.1) is 0 Å². The minimum atomic E-state index is -0.611. The number of aliphatic hydroxyl groups is 1. The lowest BCUT2D eigenvalue weighted by molar-refractivity contribution is 0.104. The van der Waals surface area contributed by atoms with Crippen molar-refractivity contribution in [2.75, 3.05) is 13.2 Å². The molecule has 2 aromatic heterocycles. The molecular formula is C10H16N6O2S. The summed E-state index contributed by atoms with van der Waals surface area (Å²) in [6.07, 6.45) is 2.60. The van der Waals surface area contributed by atoms with Gasteiger partial charge in [-0.1, -0.05) is 0 Å². The second kappa shape index (κ2) is 7.12. The van der Waals surface area contributed by atoms with E-state index in [2.05, 4.69) is 24.3 Å². The number of aliphatic hydroxyl groups excluding tert-OH is 1. The number of aromatic nitrogens is 5. The van der Waals surface area contributed by atoms with E-state index in [-0.39, 0.29) is 6.61 Å². The summed E-state index contributed by atoms with van der Waals surface area (Å²) in [5.41, 5.74) is 0. The molecule has 2 N–H and O–H groups in total. The van der Waals surface area contributed by atoms with Crippen LogP contribution < -0.4 is 10.1 Å². The summed E-state index contributed by atoms with van der Waals surface area (Å²) in [7, 11) is 0. The van der Waals surface area contributed by atoms with Crippen molar-refractivity contribution >= 4 is 11.7 Å². The zero-order chi connectivity index (χ0) is 13.5. The fraction of sp³-hybridized carbons (Fsp3) is 0.600. The van der Waals surface area contributed by atoms with Crippen LogP contribution in [-0.2, 0) is 13.1 Å². The van der Waals surface area contributed by atoms with Gasteiger partial charge in [-0.3, -0.25) is 0 Å². The van der Waals surface area contributed by atoms with E-state index in [1.165, 1.54) is 6.20 Å². The summed E-state index contributed by atoms with van der Waals surface area (Å²) >= 11 is 1.07. The Morgan fingerprint density at radius 3 is 3.21 bits per heavy atom. The Kier molecular flexibility index (Phi) is 5.19. The largest absolute Gasteiger partial charge is 0.473 e. The maximum absolute atomic E-state index is 9.73. The molecule has 9 heteroatoms. The van der Waals surface area contributed by atoms with Crippen LogP contribution in [0.4, 0.5) is 0 Å². The molecule has 1 atom stereocenters. The summed E-state index contributed by atoms with van der Waals surface area (Å²) in [6, 6.07) is 0. The number of nitrogens with zero attached hydrogens (tertiary/aromatic N) is 5. The maximum Gasteiger partial charge on any atom is 0.245 e. The molecule has 0 fully saturated rings. The molecule has 19 heavy (non-hydrogen) atoms. The van der Waals surface area contributed by atoms with Gasteiger partial charge in [0.05, 0.1) is 18.3 Å². The highest BCUT2D eigenvalue weighted by atomic mass is 32.1. The normalized spacial score (nSPS) is 12.5. The van der Waals surface area contributed by atoms with E-state index in [0.29, 0.717) is 19.0 Å². The fourth-order valence-corrected chi connectivity index (χ4v) is 1.86. The molecule has 104 valence electrons. The van der Waals surface area contributed by atoms with Crippen molar-refractivity contribution in [1.82, 2.24) is 28.8 Å². The van der Waals surface area contributed by atoms with Crippen molar-refractivity contribution < 1.29 is 9.84 Å². The SMILES string of the molecule is CCn1cnnc1CNCC(O)COc1cnsn1. The maximum atomic E-state index is 9.73. The predicted molar refractivity (Wildman–Crippen MR) is 68.8 cm³/mol.